The minimum atomic E-state index is -0.390. The van der Waals surface area contributed by atoms with Crippen LogP contribution in [0.1, 0.15) is 18.9 Å². The first-order valence-corrected chi connectivity index (χ1v) is 6.11. The highest BCUT2D eigenvalue weighted by Crippen LogP contribution is 2.23. The molecular formula is C11H15BrN2O3. The van der Waals surface area contributed by atoms with Gasteiger partial charge in [-0.2, -0.15) is 0 Å². The molecule has 1 unspecified atom stereocenters. The van der Waals surface area contributed by atoms with E-state index in [4.69, 9.17) is 5.11 Å². The SMILES string of the molecule is CC(CCO)NCc1ccc(Br)cc1[N+](=O)[O-]. The van der Waals surface area contributed by atoms with Crippen LogP contribution in [0.4, 0.5) is 5.69 Å². The molecule has 0 saturated heterocycles. The second-order valence-electron chi connectivity index (χ2n) is 3.82. The number of benzene rings is 1. The molecule has 0 aliphatic rings. The lowest BCUT2D eigenvalue weighted by Gasteiger charge is -2.12. The van der Waals surface area contributed by atoms with Gasteiger partial charge in [0.2, 0.25) is 0 Å². The van der Waals surface area contributed by atoms with Crippen LogP contribution >= 0.6 is 15.9 Å². The second kappa shape index (κ2) is 6.68. The van der Waals surface area contributed by atoms with Crippen LogP contribution in [0, 0.1) is 10.1 Å². The number of aliphatic hydroxyl groups excluding tert-OH is 1. The number of hydrogen-bond acceptors (Lipinski definition) is 4. The van der Waals surface area contributed by atoms with Gasteiger partial charge in [-0.05, 0) is 25.5 Å². The van der Waals surface area contributed by atoms with Crippen molar-refractivity contribution in [3.05, 3.63) is 38.3 Å². The fourth-order valence-electron chi connectivity index (χ4n) is 1.44. The first kappa shape index (κ1) is 14.1. The molecule has 1 atom stereocenters. The van der Waals surface area contributed by atoms with Gasteiger partial charge in [0, 0.05) is 35.3 Å². The third-order valence-corrected chi connectivity index (χ3v) is 2.94. The summed E-state index contributed by atoms with van der Waals surface area (Å²) in [5.41, 5.74) is 0.742. The molecule has 0 aromatic heterocycles. The molecule has 1 aromatic rings. The van der Waals surface area contributed by atoms with Gasteiger partial charge in [0.15, 0.2) is 0 Å². The highest BCUT2D eigenvalue weighted by Gasteiger charge is 2.14. The standard InChI is InChI=1S/C11H15BrN2O3/c1-8(4-5-15)13-7-9-2-3-10(12)6-11(9)14(16)17/h2-3,6,8,13,15H,4-5,7H2,1H3. The molecule has 1 rings (SSSR count). The van der Waals surface area contributed by atoms with Gasteiger partial charge in [-0.15, -0.1) is 0 Å². The van der Waals surface area contributed by atoms with Crippen molar-refractivity contribution in [3.8, 4) is 0 Å². The van der Waals surface area contributed by atoms with Crippen LogP contribution in [-0.2, 0) is 6.54 Å². The Morgan fingerprint density at radius 1 is 1.59 bits per heavy atom. The van der Waals surface area contributed by atoms with Crippen molar-refractivity contribution in [2.75, 3.05) is 6.61 Å². The Bertz CT molecular complexity index is 398. The molecule has 0 aliphatic heterocycles. The van der Waals surface area contributed by atoms with E-state index in [1.807, 2.05) is 6.92 Å². The lowest BCUT2D eigenvalue weighted by Crippen LogP contribution is -2.26. The van der Waals surface area contributed by atoms with Crippen molar-refractivity contribution in [2.45, 2.75) is 25.9 Å². The summed E-state index contributed by atoms with van der Waals surface area (Å²) in [6.45, 7) is 2.46. The maximum atomic E-state index is 10.9. The predicted molar refractivity (Wildman–Crippen MR) is 68.8 cm³/mol. The van der Waals surface area contributed by atoms with E-state index in [9.17, 15) is 10.1 Å². The Kier molecular flexibility index (Phi) is 5.54. The van der Waals surface area contributed by atoms with Gasteiger partial charge in [-0.25, -0.2) is 0 Å². The van der Waals surface area contributed by atoms with Gasteiger partial charge < -0.3 is 10.4 Å². The summed E-state index contributed by atoms with van der Waals surface area (Å²) < 4.78 is 0.691. The van der Waals surface area contributed by atoms with Gasteiger partial charge in [0.25, 0.3) is 5.69 Å². The summed E-state index contributed by atoms with van der Waals surface area (Å²) in [5.74, 6) is 0. The van der Waals surface area contributed by atoms with Crippen LogP contribution in [0.2, 0.25) is 0 Å². The number of nitro groups is 1. The Balaban J connectivity index is 2.73. The summed E-state index contributed by atoms with van der Waals surface area (Å²) in [6, 6.07) is 5.12. The zero-order chi connectivity index (χ0) is 12.8. The Hall–Kier alpha value is -0.980. The van der Waals surface area contributed by atoms with Crippen molar-refractivity contribution in [1.82, 2.24) is 5.32 Å². The van der Waals surface area contributed by atoms with Gasteiger partial charge >= 0.3 is 0 Å². The molecule has 0 radical (unpaired) electrons. The van der Waals surface area contributed by atoms with Crippen LogP contribution in [0.25, 0.3) is 0 Å². The summed E-state index contributed by atoms with van der Waals surface area (Å²) in [6.07, 6.45) is 0.629. The lowest BCUT2D eigenvalue weighted by molar-refractivity contribution is -0.385. The smallest absolute Gasteiger partial charge is 0.275 e. The molecule has 0 bridgehead atoms. The molecular weight excluding hydrogens is 288 g/mol. The molecule has 1 aromatic carbocycles. The minimum absolute atomic E-state index is 0.100. The molecule has 17 heavy (non-hydrogen) atoms. The molecule has 2 N–H and O–H groups in total. The number of halogens is 1. The molecule has 0 heterocycles. The lowest BCUT2D eigenvalue weighted by atomic mass is 10.1. The molecule has 0 saturated carbocycles. The number of aliphatic hydroxyl groups is 1. The molecule has 0 aliphatic carbocycles. The Morgan fingerprint density at radius 2 is 2.29 bits per heavy atom. The monoisotopic (exact) mass is 302 g/mol. The molecule has 5 nitrogen and oxygen atoms in total. The Morgan fingerprint density at radius 3 is 2.88 bits per heavy atom. The minimum Gasteiger partial charge on any atom is -0.396 e. The number of hydrogen-bond donors (Lipinski definition) is 2. The zero-order valence-corrected chi connectivity index (χ0v) is 11.1. The van der Waals surface area contributed by atoms with Crippen LogP contribution in [0.5, 0.6) is 0 Å². The van der Waals surface area contributed by atoms with E-state index < -0.39 is 4.92 Å². The van der Waals surface area contributed by atoms with Crippen molar-refractivity contribution in [3.63, 3.8) is 0 Å². The van der Waals surface area contributed by atoms with Crippen LogP contribution in [0.3, 0.4) is 0 Å². The van der Waals surface area contributed by atoms with Crippen molar-refractivity contribution in [2.24, 2.45) is 0 Å². The number of nitro benzene ring substituents is 1. The average Bonchev–Trinajstić information content (AvgIpc) is 2.27. The van der Waals surface area contributed by atoms with Crippen LogP contribution in [0.15, 0.2) is 22.7 Å². The summed E-state index contributed by atoms with van der Waals surface area (Å²) >= 11 is 3.21. The number of rotatable bonds is 6. The maximum absolute atomic E-state index is 10.9. The fraction of sp³-hybridized carbons (Fsp3) is 0.455. The summed E-state index contributed by atoms with van der Waals surface area (Å²) in [5, 5.41) is 22.8. The van der Waals surface area contributed by atoms with Crippen LogP contribution in [-0.4, -0.2) is 22.7 Å². The molecule has 0 spiro atoms. The predicted octanol–water partition coefficient (Wildman–Crippen LogP) is 2.22. The molecule has 0 amide bonds. The maximum Gasteiger partial charge on any atom is 0.275 e. The number of nitrogens with zero attached hydrogens (tertiary/aromatic N) is 1. The largest absolute Gasteiger partial charge is 0.396 e. The fourth-order valence-corrected chi connectivity index (χ4v) is 1.79. The van der Waals surface area contributed by atoms with Gasteiger partial charge in [-0.1, -0.05) is 15.9 Å². The quantitative estimate of drug-likeness (QED) is 0.624. The van der Waals surface area contributed by atoms with Crippen molar-refractivity contribution in [1.29, 1.82) is 0 Å². The van der Waals surface area contributed by atoms with E-state index in [1.54, 1.807) is 12.1 Å². The third-order valence-electron chi connectivity index (χ3n) is 2.45. The van der Waals surface area contributed by atoms with E-state index in [0.717, 1.165) is 0 Å². The first-order valence-electron chi connectivity index (χ1n) is 5.31. The third kappa shape index (κ3) is 4.41. The van der Waals surface area contributed by atoms with Crippen molar-refractivity contribution < 1.29 is 10.0 Å². The van der Waals surface area contributed by atoms with Gasteiger partial charge in [0.1, 0.15) is 0 Å². The summed E-state index contributed by atoms with van der Waals surface area (Å²) in [7, 11) is 0. The number of nitrogens with one attached hydrogen (secondary N) is 1. The van der Waals surface area contributed by atoms with E-state index >= 15 is 0 Å². The highest BCUT2D eigenvalue weighted by atomic mass is 79.9. The molecule has 0 fully saturated rings. The second-order valence-corrected chi connectivity index (χ2v) is 4.74. The van der Waals surface area contributed by atoms with Crippen LogP contribution < -0.4 is 5.32 Å². The first-order chi connectivity index (χ1) is 8.04. The summed E-state index contributed by atoms with van der Waals surface area (Å²) in [4.78, 5) is 10.5. The topological polar surface area (TPSA) is 75.4 Å². The van der Waals surface area contributed by atoms with Gasteiger partial charge in [-0.3, -0.25) is 10.1 Å². The molecule has 94 valence electrons. The normalized spacial score (nSPS) is 12.4. The van der Waals surface area contributed by atoms with E-state index in [-0.39, 0.29) is 18.3 Å². The average molecular weight is 303 g/mol. The zero-order valence-electron chi connectivity index (χ0n) is 9.52. The van der Waals surface area contributed by atoms with Crippen molar-refractivity contribution >= 4 is 21.6 Å². The van der Waals surface area contributed by atoms with E-state index in [1.165, 1.54) is 6.07 Å². The van der Waals surface area contributed by atoms with E-state index in [2.05, 4.69) is 21.2 Å². The molecule has 6 heteroatoms. The van der Waals surface area contributed by atoms with E-state index in [0.29, 0.717) is 23.0 Å². The highest BCUT2D eigenvalue weighted by molar-refractivity contribution is 9.10. The van der Waals surface area contributed by atoms with Gasteiger partial charge in [0.05, 0.1) is 4.92 Å². The Labute approximate surface area is 108 Å².